The van der Waals surface area contributed by atoms with E-state index in [0.717, 1.165) is 18.3 Å². The van der Waals surface area contributed by atoms with Crippen LogP contribution in [0.25, 0.3) is 0 Å². The summed E-state index contributed by atoms with van der Waals surface area (Å²) in [5, 5.41) is 0. The molecule has 1 aromatic rings. The molecular weight excluding hydrogens is 397 g/mol. The van der Waals surface area contributed by atoms with E-state index in [2.05, 4.69) is 0 Å². The third-order valence-electron chi connectivity index (χ3n) is 5.28. The molecule has 0 spiro atoms. The minimum absolute atomic E-state index is 0.0343. The molecule has 2 rings (SSSR count). The van der Waals surface area contributed by atoms with Gasteiger partial charge in [-0.2, -0.15) is 13.2 Å². The largest absolute Gasteiger partial charge is 0.460 e. The van der Waals surface area contributed by atoms with Gasteiger partial charge in [0, 0.05) is 25.5 Å². The highest BCUT2D eigenvalue weighted by molar-refractivity contribution is 5.93. The highest BCUT2D eigenvalue weighted by atomic mass is 19.4. The second-order valence-electron chi connectivity index (χ2n) is 8.17. The first kappa shape index (κ1) is 23.9. The monoisotopic (exact) mass is 424 g/mol. The maximum absolute atomic E-state index is 14.0. The molecule has 1 aliphatic carbocycles. The van der Waals surface area contributed by atoms with E-state index >= 15 is 0 Å². The number of ether oxygens (including phenoxy) is 2. The SMILES string of the molecule is CO[C@](C(=O)O[C@@H](C)C/C=C1\C(C)=CC(=O)CC1(C)C)(c1ccccc1)C(F)(F)F. The Morgan fingerprint density at radius 3 is 2.33 bits per heavy atom. The number of methoxy groups -OCH3 is 1. The Kier molecular flexibility index (Phi) is 6.97. The van der Waals surface area contributed by atoms with Gasteiger partial charge >= 0.3 is 12.1 Å². The van der Waals surface area contributed by atoms with Gasteiger partial charge in [0.05, 0.1) is 0 Å². The molecule has 0 bridgehead atoms. The van der Waals surface area contributed by atoms with Crippen LogP contribution in [0.4, 0.5) is 13.2 Å². The van der Waals surface area contributed by atoms with Gasteiger partial charge in [-0.3, -0.25) is 4.79 Å². The fourth-order valence-electron chi connectivity index (χ4n) is 3.86. The molecule has 1 aromatic carbocycles. The summed E-state index contributed by atoms with van der Waals surface area (Å²) in [6, 6.07) is 6.71. The number of rotatable bonds is 6. The lowest BCUT2D eigenvalue weighted by molar-refractivity contribution is -0.277. The molecule has 0 N–H and O–H groups in total. The lowest BCUT2D eigenvalue weighted by Crippen LogP contribution is -2.52. The molecule has 0 aliphatic heterocycles. The van der Waals surface area contributed by atoms with Crippen LogP contribution in [0, 0.1) is 5.41 Å². The van der Waals surface area contributed by atoms with Crippen LogP contribution in [-0.4, -0.2) is 31.1 Å². The molecule has 164 valence electrons. The molecule has 0 saturated heterocycles. The molecule has 4 nitrogen and oxygen atoms in total. The number of halogens is 3. The number of hydrogen-bond acceptors (Lipinski definition) is 4. The number of carbonyl (C=O) groups is 2. The number of hydrogen-bond donors (Lipinski definition) is 0. The van der Waals surface area contributed by atoms with Gasteiger partial charge < -0.3 is 9.47 Å². The van der Waals surface area contributed by atoms with Crippen molar-refractivity contribution in [3.8, 4) is 0 Å². The molecule has 2 atom stereocenters. The molecule has 0 saturated carbocycles. The summed E-state index contributed by atoms with van der Waals surface area (Å²) in [5.41, 5.74) is -2.22. The summed E-state index contributed by atoms with van der Waals surface area (Å²) in [6.45, 7) is 7.20. The molecular formula is C23H27F3O4. The average molecular weight is 424 g/mol. The Hall–Kier alpha value is -2.41. The van der Waals surface area contributed by atoms with E-state index in [4.69, 9.17) is 9.47 Å². The van der Waals surface area contributed by atoms with Crippen LogP contribution in [0.2, 0.25) is 0 Å². The van der Waals surface area contributed by atoms with Gasteiger partial charge in [0.25, 0.3) is 5.60 Å². The van der Waals surface area contributed by atoms with Gasteiger partial charge in [-0.05, 0) is 36.5 Å². The predicted molar refractivity (Wildman–Crippen MR) is 107 cm³/mol. The fourth-order valence-corrected chi connectivity index (χ4v) is 3.86. The van der Waals surface area contributed by atoms with Crippen molar-refractivity contribution >= 4 is 11.8 Å². The highest BCUT2D eigenvalue weighted by Gasteiger charge is 2.64. The van der Waals surface area contributed by atoms with E-state index in [1.54, 1.807) is 12.1 Å². The summed E-state index contributed by atoms with van der Waals surface area (Å²) in [5.74, 6) is -1.48. The van der Waals surface area contributed by atoms with E-state index < -0.39 is 29.3 Å². The molecule has 0 heterocycles. The van der Waals surface area contributed by atoms with Crippen LogP contribution in [0.5, 0.6) is 0 Å². The van der Waals surface area contributed by atoms with Crippen LogP contribution in [0.1, 0.15) is 46.1 Å². The Labute approximate surface area is 174 Å². The molecule has 0 amide bonds. The number of ketones is 1. The summed E-state index contributed by atoms with van der Waals surface area (Å²) in [7, 11) is 0.837. The molecule has 0 unspecified atom stereocenters. The van der Waals surface area contributed by atoms with Gasteiger partial charge in [-0.25, -0.2) is 4.79 Å². The maximum Gasteiger partial charge on any atom is 0.432 e. The number of benzene rings is 1. The topological polar surface area (TPSA) is 52.6 Å². The van der Waals surface area contributed by atoms with Crippen LogP contribution in [0.3, 0.4) is 0 Å². The zero-order valence-electron chi connectivity index (χ0n) is 17.8. The zero-order chi connectivity index (χ0) is 22.7. The molecule has 1 aliphatic rings. The van der Waals surface area contributed by atoms with E-state index in [-0.39, 0.29) is 17.8 Å². The molecule has 0 aromatic heterocycles. The standard InChI is InChI=1S/C23H27F3O4/c1-15-13-18(27)14-21(3,4)19(15)12-11-16(2)30-20(28)22(29-5,23(24,25)26)17-9-7-6-8-10-17/h6-10,12-13,16H,11,14H2,1-5H3/b19-12+/t16-,22-/m0/s1. The third kappa shape index (κ3) is 4.67. The summed E-state index contributed by atoms with van der Waals surface area (Å²) in [4.78, 5) is 24.5. The van der Waals surface area contributed by atoms with Crippen LogP contribution in [-0.2, 0) is 24.7 Å². The van der Waals surface area contributed by atoms with Gasteiger partial charge in [0.1, 0.15) is 6.10 Å². The first-order valence-electron chi connectivity index (χ1n) is 9.66. The normalized spacial score (nSPS) is 21.0. The van der Waals surface area contributed by atoms with Crippen molar-refractivity contribution in [1.82, 2.24) is 0 Å². The number of esters is 1. The first-order valence-corrected chi connectivity index (χ1v) is 9.66. The van der Waals surface area contributed by atoms with Crippen molar-refractivity contribution in [2.75, 3.05) is 7.11 Å². The lowest BCUT2D eigenvalue weighted by Gasteiger charge is -2.34. The van der Waals surface area contributed by atoms with Crippen LogP contribution < -0.4 is 0 Å². The van der Waals surface area contributed by atoms with E-state index in [0.29, 0.717) is 6.42 Å². The summed E-state index contributed by atoms with van der Waals surface area (Å²) < 4.78 is 51.8. The Morgan fingerprint density at radius 1 is 1.23 bits per heavy atom. The molecule has 0 fully saturated rings. The lowest BCUT2D eigenvalue weighted by atomic mass is 9.72. The number of allylic oxidation sites excluding steroid dienone is 3. The number of carbonyl (C=O) groups excluding carboxylic acids is 2. The summed E-state index contributed by atoms with van der Waals surface area (Å²) in [6.07, 6.45) is -1.91. The minimum atomic E-state index is -5.01. The van der Waals surface area contributed by atoms with Crippen molar-refractivity contribution < 1.29 is 32.2 Å². The third-order valence-corrected chi connectivity index (χ3v) is 5.28. The predicted octanol–water partition coefficient (Wildman–Crippen LogP) is 5.28. The van der Waals surface area contributed by atoms with Crippen molar-refractivity contribution in [2.45, 2.75) is 58.4 Å². The Bertz CT molecular complexity index is 853. The Morgan fingerprint density at radius 2 is 1.83 bits per heavy atom. The first-order chi connectivity index (χ1) is 13.8. The Balaban J connectivity index is 2.26. The highest BCUT2D eigenvalue weighted by Crippen LogP contribution is 2.43. The molecule has 30 heavy (non-hydrogen) atoms. The minimum Gasteiger partial charge on any atom is -0.460 e. The molecule has 0 radical (unpaired) electrons. The average Bonchev–Trinajstić information content (AvgIpc) is 2.60. The fraction of sp³-hybridized carbons (Fsp3) is 0.478. The summed E-state index contributed by atoms with van der Waals surface area (Å²) >= 11 is 0. The second kappa shape index (κ2) is 8.76. The van der Waals surface area contributed by atoms with E-state index in [1.165, 1.54) is 31.2 Å². The van der Waals surface area contributed by atoms with Gasteiger partial charge in [-0.15, -0.1) is 0 Å². The quantitative estimate of drug-likeness (QED) is 0.583. The molecule has 7 heteroatoms. The van der Waals surface area contributed by atoms with Gasteiger partial charge in [0.2, 0.25) is 0 Å². The van der Waals surface area contributed by atoms with E-state index in [9.17, 15) is 22.8 Å². The number of alkyl halides is 3. The van der Waals surface area contributed by atoms with Gasteiger partial charge in [-0.1, -0.05) is 50.3 Å². The van der Waals surface area contributed by atoms with E-state index in [1.807, 2.05) is 26.8 Å². The van der Waals surface area contributed by atoms with Crippen molar-refractivity contribution in [2.24, 2.45) is 5.41 Å². The van der Waals surface area contributed by atoms with Crippen molar-refractivity contribution in [3.05, 3.63) is 59.2 Å². The maximum atomic E-state index is 14.0. The van der Waals surface area contributed by atoms with Crippen molar-refractivity contribution in [1.29, 1.82) is 0 Å². The zero-order valence-corrected chi connectivity index (χ0v) is 17.8. The van der Waals surface area contributed by atoms with Gasteiger partial charge in [0.15, 0.2) is 5.78 Å². The smallest absolute Gasteiger partial charge is 0.432 e. The van der Waals surface area contributed by atoms with Crippen molar-refractivity contribution in [3.63, 3.8) is 0 Å². The second-order valence-corrected chi connectivity index (χ2v) is 8.17. The van der Waals surface area contributed by atoms with Crippen LogP contribution in [0.15, 0.2) is 53.6 Å². The van der Waals surface area contributed by atoms with Crippen LogP contribution >= 0.6 is 0 Å².